The van der Waals surface area contributed by atoms with Crippen molar-refractivity contribution in [3.05, 3.63) is 0 Å². The Kier molecular flexibility index (Phi) is 3.37. The second kappa shape index (κ2) is 4.10. The molecule has 1 fully saturated rings. The molecule has 3 heteroatoms. The first-order valence-electron chi connectivity index (χ1n) is 4.10. The molecule has 0 radical (unpaired) electrons. The standard InChI is InChI=1S/C8H14BrNO/c1-2-6-3-7(6)5-10-8(11)4-9/h6-7H,2-5H2,1H3,(H,10,11)/t6-,7+/m1/s1. The van der Waals surface area contributed by atoms with Gasteiger partial charge in [-0.3, -0.25) is 4.79 Å². The van der Waals surface area contributed by atoms with Gasteiger partial charge in [0.15, 0.2) is 0 Å². The molecule has 0 bridgehead atoms. The molecule has 1 aliphatic rings. The molecule has 1 saturated carbocycles. The third kappa shape index (κ3) is 2.81. The van der Waals surface area contributed by atoms with E-state index < -0.39 is 0 Å². The Morgan fingerprint density at radius 3 is 2.82 bits per heavy atom. The summed E-state index contributed by atoms with van der Waals surface area (Å²) in [4.78, 5) is 10.8. The summed E-state index contributed by atoms with van der Waals surface area (Å²) < 4.78 is 0. The van der Waals surface area contributed by atoms with Crippen LogP contribution in [-0.2, 0) is 4.79 Å². The van der Waals surface area contributed by atoms with E-state index in [1.807, 2.05) is 0 Å². The molecule has 1 amide bonds. The quantitative estimate of drug-likeness (QED) is 0.715. The predicted molar refractivity (Wildman–Crippen MR) is 48.7 cm³/mol. The van der Waals surface area contributed by atoms with Crippen LogP contribution in [0.4, 0.5) is 0 Å². The molecule has 1 aliphatic carbocycles. The van der Waals surface area contributed by atoms with Gasteiger partial charge in [0.2, 0.25) is 5.91 Å². The SMILES string of the molecule is CC[C@@H]1C[C@H]1CNC(=O)CBr. The van der Waals surface area contributed by atoms with E-state index in [2.05, 4.69) is 28.2 Å². The topological polar surface area (TPSA) is 29.1 Å². The van der Waals surface area contributed by atoms with Crippen LogP contribution in [0, 0.1) is 11.8 Å². The Balaban J connectivity index is 2.01. The average Bonchev–Trinajstić information content (AvgIpc) is 2.78. The summed E-state index contributed by atoms with van der Waals surface area (Å²) in [6.07, 6.45) is 2.56. The van der Waals surface area contributed by atoms with Crippen molar-refractivity contribution in [2.24, 2.45) is 11.8 Å². The van der Waals surface area contributed by atoms with Gasteiger partial charge in [0.25, 0.3) is 0 Å². The lowest BCUT2D eigenvalue weighted by molar-refractivity contribution is -0.118. The van der Waals surface area contributed by atoms with Crippen LogP contribution in [0.15, 0.2) is 0 Å². The van der Waals surface area contributed by atoms with Crippen LogP contribution in [-0.4, -0.2) is 17.8 Å². The number of rotatable bonds is 4. The molecule has 64 valence electrons. The van der Waals surface area contributed by atoms with E-state index in [0.717, 1.165) is 18.4 Å². The Morgan fingerprint density at radius 2 is 2.36 bits per heavy atom. The first-order chi connectivity index (χ1) is 5.27. The molecule has 2 nitrogen and oxygen atoms in total. The van der Waals surface area contributed by atoms with Gasteiger partial charge in [-0.2, -0.15) is 0 Å². The second-order valence-corrected chi connectivity index (χ2v) is 3.66. The van der Waals surface area contributed by atoms with Crippen LogP contribution >= 0.6 is 15.9 Å². The summed E-state index contributed by atoms with van der Waals surface area (Å²) in [5.74, 6) is 1.75. The van der Waals surface area contributed by atoms with Gasteiger partial charge in [-0.1, -0.05) is 29.3 Å². The lowest BCUT2D eigenvalue weighted by Crippen LogP contribution is -2.26. The van der Waals surface area contributed by atoms with Crippen molar-refractivity contribution < 1.29 is 4.79 Å². The van der Waals surface area contributed by atoms with Crippen LogP contribution in [0.25, 0.3) is 0 Å². The molecule has 11 heavy (non-hydrogen) atoms. The molecule has 0 aromatic heterocycles. The Hall–Kier alpha value is -0.0500. The number of alkyl halides is 1. The van der Waals surface area contributed by atoms with Gasteiger partial charge in [0.1, 0.15) is 0 Å². The van der Waals surface area contributed by atoms with Crippen molar-refractivity contribution in [2.45, 2.75) is 19.8 Å². The maximum atomic E-state index is 10.8. The fourth-order valence-electron chi connectivity index (χ4n) is 1.35. The predicted octanol–water partition coefficient (Wildman–Crippen LogP) is 1.54. The fraction of sp³-hybridized carbons (Fsp3) is 0.875. The van der Waals surface area contributed by atoms with Crippen LogP contribution in [0.2, 0.25) is 0 Å². The van der Waals surface area contributed by atoms with E-state index >= 15 is 0 Å². The maximum absolute atomic E-state index is 10.8. The van der Waals surface area contributed by atoms with Crippen LogP contribution < -0.4 is 5.32 Å². The fourth-order valence-corrected chi connectivity index (χ4v) is 1.55. The third-order valence-corrected chi connectivity index (χ3v) is 2.79. The first-order valence-corrected chi connectivity index (χ1v) is 5.22. The van der Waals surface area contributed by atoms with Gasteiger partial charge in [0, 0.05) is 6.54 Å². The monoisotopic (exact) mass is 219 g/mol. The van der Waals surface area contributed by atoms with Crippen LogP contribution in [0.5, 0.6) is 0 Å². The third-order valence-electron chi connectivity index (χ3n) is 2.28. The molecule has 0 heterocycles. The van der Waals surface area contributed by atoms with Crippen LogP contribution in [0.3, 0.4) is 0 Å². The highest BCUT2D eigenvalue weighted by Crippen LogP contribution is 2.40. The number of carbonyl (C=O) groups is 1. The van der Waals surface area contributed by atoms with Gasteiger partial charge < -0.3 is 5.32 Å². The van der Waals surface area contributed by atoms with E-state index in [9.17, 15) is 4.79 Å². The lowest BCUT2D eigenvalue weighted by Gasteiger charge is -2.00. The van der Waals surface area contributed by atoms with Gasteiger partial charge in [-0.25, -0.2) is 0 Å². The molecule has 0 aromatic carbocycles. The number of hydrogen-bond donors (Lipinski definition) is 1. The number of carbonyl (C=O) groups excluding carboxylic acids is 1. The summed E-state index contributed by atoms with van der Waals surface area (Å²) in [5.41, 5.74) is 0. The van der Waals surface area contributed by atoms with E-state index in [4.69, 9.17) is 0 Å². The Labute approximate surface area is 75.9 Å². The summed E-state index contributed by atoms with van der Waals surface area (Å²) in [5, 5.41) is 3.30. The molecule has 1 N–H and O–H groups in total. The minimum absolute atomic E-state index is 0.103. The van der Waals surface area contributed by atoms with E-state index in [0.29, 0.717) is 5.33 Å². The molecule has 0 spiro atoms. The van der Waals surface area contributed by atoms with Crippen LogP contribution in [0.1, 0.15) is 19.8 Å². The molecule has 0 aliphatic heterocycles. The number of amides is 1. The summed E-state index contributed by atoms with van der Waals surface area (Å²) >= 11 is 3.11. The molecule has 0 saturated heterocycles. The maximum Gasteiger partial charge on any atom is 0.230 e. The molecule has 0 aromatic rings. The zero-order chi connectivity index (χ0) is 8.27. The molecular formula is C8H14BrNO. The smallest absolute Gasteiger partial charge is 0.230 e. The van der Waals surface area contributed by atoms with Crippen molar-refractivity contribution in [1.29, 1.82) is 0 Å². The number of nitrogens with one attached hydrogen (secondary N) is 1. The summed E-state index contributed by atoms with van der Waals surface area (Å²) in [6.45, 7) is 3.08. The molecule has 2 atom stereocenters. The number of halogens is 1. The molecular weight excluding hydrogens is 206 g/mol. The highest BCUT2D eigenvalue weighted by Gasteiger charge is 2.34. The van der Waals surface area contributed by atoms with Crippen molar-refractivity contribution >= 4 is 21.8 Å². The van der Waals surface area contributed by atoms with E-state index in [1.165, 1.54) is 12.8 Å². The lowest BCUT2D eigenvalue weighted by atomic mass is 10.2. The van der Waals surface area contributed by atoms with E-state index in [1.54, 1.807) is 0 Å². The normalized spacial score (nSPS) is 28.2. The zero-order valence-corrected chi connectivity index (χ0v) is 8.36. The minimum atomic E-state index is 0.103. The largest absolute Gasteiger partial charge is 0.355 e. The van der Waals surface area contributed by atoms with Gasteiger partial charge >= 0.3 is 0 Å². The van der Waals surface area contributed by atoms with Gasteiger partial charge in [-0.15, -0.1) is 0 Å². The second-order valence-electron chi connectivity index (χ2n) is 3.10. The van der Waals surface area contributed by atoms with Crippen molar-refractivity contribution in [3.63, 3.8) is 0 Å². The van der Waals surface area contributed by atoms with Gasteiger partial charge in [-0.05, 0) is 18.3 Å². The number of hydrogen-bond acceptors (Lipinski definition) is 1. The summed E-state index contributed by atoms with van der Waals surface area (Å²) in [7, 11) is 0. The average molecular weight is 220 g/mol. The highest BCUT2D eigenvalue weighted by atomic mass is 79.9. The first kappa shape index (κ1) is 9.04. The Bertz CT molecular complexity index is 149. The highest BCUT2D eigenvalue weighted by molar-refractivity contribution is 9.09. The minimum Gasteiger partial charge on any atom is -0.355 e. The summed E-state index contributed by atoms with van der Waals surface area (Å²) in [6, 6.07) is 0. The molecule has 0 unspecified atom stereocenters. The van der Waals surface area contributed by atoms with E-state index in [-0.39, 0.29) is 5.91 Å². The molecule has 1 rings (SSSR count). The van der Waals surface area contributed by atoms with Crippen molar-refractivity contribution in [2.75, 3.05) is 11.9 Å². The van der Waals surface area contributed by atoms with Crippen molar-refractivity contribution in [1.82, 2.24) is 5.32 Å². The Morgan fingerprint density at radius 1 is 1.64 bits per heavy atom. The zero-order valence-electron chi connectivity index (χ0n) is 6.77. The van der Waals surface area contributed by atoms with Crippen molar-refractivity contribution in [3.8, 4) is 0 Å². The van der Waals surface area contributed by atoms with Gasteiger partial charge in [0.05, 0.1) is 5.33 Å².